The molecular formula is C19H24N4O4. The molecule has 2 saturated heterocycles. The molecule has 2 aromatic rings. The van der Waals surface area contributed by atoms with Crippen molar-refractivity contribution in [3.63, 3.8) is 0 Å². The molecule has 4 rings (SSSR count). The molecule has 0 saturated carbocycles. The van der Waals surface area contributed by atoms with Crippen molar-refractivity contribution in [3.8, 4) is 0 Å². The third-order valence-corrected chi connectivity index (χ3v) is 5.75. The Balaban J connectivity index is 1.65. The first kappa shape index (κ1) is 17.8. The summed E-state index contributed by atoms with van der Waals surface area (Å²) in [7, 11) is 3.54. The molecule has 0 N–H and O–H groups in total. The summed E-state index contributed by atoms with van der Waals surface area (Å²) in [4.78, 5) is 34.3. The lowest BCUT2D eigenvalue weighted by atomic mass is 9.75. The third kappa shape index (κ3) is 2.93. The lowest BCUT2D eigenvalue weighted by Crippen LogP contribution is -2.41. The smallest absolute Gasteiger partial charge is 0.289 e. The molecule has 2 atom stereocenters. The van der Waals surface area contributed by atoms with Crippen LogP contribution in [-0.4, -0.2) is 71.1 Å². The first-order valence-corrected chi connectivity index (χ1v) is 9.14. The van der Waals surface area contributed by atoms with Crippen LogP contribution in [0.5, 0.6) is 0 Å². The molecule has 4 heterocycles. The van der Waals surface area contributed by atoms with Gasteiger partial charge >= 0.3 is 0 Å². The van der Waals surface area contributed by atoms with E-state index in [1.54, 1.807) is 30.5 Å². The van der Waals surface area contributed by atoms with Gasteiger partial charge in [-0.3, -0.25) is 9.59 Å². The highest BCUT2D eigenvalue weighted by Crippen LogP contribution is 2.49. The Morgan fingerprint density at radius 3 is 3.00 bits per heavy atom. The number of rotatable bonds is 5. The second-order valence-electron chi connectivity index (χ2n) is 7.37. The second-order valence-corrected chi connectivity index (χ2v) is 7.37. The number of methoxy groups -OCH3 is 1. The summed E-state index contributed by atoms with van der Waals surface area (Å²) in [5, 5.41) is 0. The van der Waals surface area contributed by atoms with Gasteiger partial charge in [-0.05, 0) is 18.6 Å². The zero-order valence-corrected chi connectivity index (χ0v) is 15.6. The van der Waals surface area contributed by atoms with Crippen molar-refractivity contribution in [3.05, 3.63) is 42.4 Å². The first-order chi connectivity index (χ1) is 13.0. The van der Waals surface area contributed by atoms with E-state index in [-0.39, 0.29) is 17.7 Å². The van der Waals surface area contributed by atoms with Crippen molar-refractivity contribution in [1.82, 2.24) is 19.4 Å². The van der Waals surface area contributed by atoms with Crippen molar-refractivity contribution in [2.75, 3.05) is 39.9 Å². The van der Waals surface area contributed by atoms with Gasteiger partial charge in [0.25, 0.3) is 5.91 Å². The van der Waals surface area contributed by atoms with E-state index in [2.05, 4.69) is 4.98 Å². The maximum Gasteiger partial charge on any atom is 0.289 e. The molecule has 0 bridgehead atoms. The Kier molecular flexibility index (Phi) is 4.51. The van der Waals surface area contributed by atoms with Crippen LogP contribution < -0.4 is 0 Å². The summed E-state index contributed by atoms with van der Waals surface area (Å²) < 4.78 is 12.3. The number of ether oxygens (including phenoxy) is 1. The number of aryl methyl sites for hydroxylation is 1. The Hall–Kier alpha value is -2.61. The van der Waals surface area contributed by atoms with E-state index in [0.717, 1.165) is 5.69 Å². The van der Waals surface area contributed by atoms with Crippen molar-refractivity contribution in [2.24, 2.45) is 12.5 Å². The van der Waals surface area contributed by atoms with Crippen molar-refractivity contribution in [2.45, 2.75) is 12.3 Å². The standard InChI is InChI=1S/C19H24N4O4/c1-21-11-15(20-13-21)14-10-23(17(24)16-4-3-8-27-16)12-19(14)5-6-22(18(19)25)7-9-26-2/h3-4,8,11,13-14H,5-7,9-10,12H2,1-2H3/t14-,19+/m1/s1. The molecule has 0 unspecified atom stereocenters. The zero-order valence-electron chi connectivity index (χ0n) is 15.6. The predicted molar refractivity (Wildman–Crippen MR) is 96.1 cm³/mol. The van der Waals surface area contributed by atoms with Crippen LogP contribution in [0, 0.1) is 5.41 Å². The van der Waals surface area contributed by atoms with Crippen LogP contribution >= 0.6 is 0 Å². The quantitative estimate of drug-likeness (QED) is 0.786. The molecule has 1 spiro atoms. The Bertz CT molecular complexity index is 831. The van der Waals surface area contributed by atoms with Gasteiger partial charge in [-0.2, -0.15) is 0 Å². The SMILES string of the molecule is COCCN1CC[C@@]2(CN(C(=O)c3ccco3)C[C@@H]2c2cn(C)cn2)C1=O. The van der Waals surface area contributed by atoms with Gasteiger partial charge in [0, 0.05) is 52.5 Å². The molecule has 8 heteroatoms. The summed E-state index contributed by atoms with van der Waals surface area (Å²) in [6.45, 7) is 2.59. The number of likely N-dealkylation sites (tertiary alicyclic amines) is 2. The molecule has 0 radical (unpaired) electrons. The average Bonchev–Trinajstić information content (AvgIpc) is 3.43. The molecule has 2 aromatic heterocycles. The summed E-state index contributed by atoms with van der Waals surface area (Å²) in [6, 6.07) is 3.35. The third-order valence-electron chi connectivity index (χ3n) is 5.75. The molecule has 144 valence electrons. The number of carbonyl (C=O) groups excluding carboxylic acids is 2. The van der Waals surface area contributed by atoms with E-state index in [1.165, 1.54) is 6.26 Å². The van der Waals surface area contributed by atoms with Crippen LogP contribution in [0.4, 0.5) is 0 Å². The average molecular weight is 372 g/mol. The molecule has 2 aliphatic rings. The number of hydrogen-bond donors (Lipinski definition) is 0. The Morgan fingerprint density at radius 1 is 1.48 bits per heavy atom. The number of amides is 2. The van der Waals surface area contributed by atoms with Crippen LogP contribution in [0.1, 0.15) is 28.6 Å². The monoisotopic (exact) mass is 372 g/mol. The molecule has 2 amide bonds. The highest BCUT2D eigenvalue weighted by Gasteiger charge is 2.58. The maximum atomic E-state index is 13.4. The van der Waals surface area contributed by atoms with Crippen LogP contribution in [0.3, 0.4) is 0 Å². The number of aromatic nitrogens is 2. The summed E-state index contributed by atoms with van der Waals surface area (Å²) in [5.41, 5.74) is 0.221. The van der Waals surface area contributed by atoms with E-state index in [0.29, 0.717) is 45.0 Å². The van der Waals surface area contributed by atoms with Crippen LogP contribution in [0.2, 0.25) is 0 Å². The molecular weight excluding hydrogens is 348 g/mol. The van der Waals surface area contributed by atoms with Gasteiger partial charge in [-0.15, -0.1) is 0 Å². The van der Waals surface area contributed by atoms with Gasteiger partial charge in [-0.25, -0.2) is 4.98 Å². The maximum absolute atomic E-state index is 13.4. The fourth-order valence-electron chi connectivity index (χ4n) is 4.35. The molecule has 8 nitrogen and oxygen atoms in total. The van der Waals surface area contributed by atoms with Gasteiger partial charge in [0.1, 0.15) is 0 Å². The molecule has 2 fully saturated rings. The summed E-state index contributed by atoms with van der Waals surface area (Å²) >= 11 is 0. The number of imidazole rings is 1. The van der Waals surface area contributed by atoms with Gasteiger partial charge in [0.2, 0.25) is 5.91 Å². The Labute approximate surface area is 157 Å². The molecule has 0 aliphatic carbocycles. The lowest BCUT2D eigenvalue weighted by molar-refractivity contribution is -0.136. The van der Waals surface area contributed by atoms with Gasteiger partial charge in [-0.1, -0.05) is 0 Å². The number of furan rings is 1. The topological polar surface area (TPSA) is 80.8 Å². The van der Waals surface area contributed by atoms with E-state index < -0.39 is 5.41 Å². The second kappa shape index (κ2) is 6.84. The largest absolute Gasteiger partial charge is 0.459 e. The predicted octanol–water partition coefficient (Wildman–Crippen LogP) is 1.12. The first-order valence-electron chi connectivity index (χ1n) is 9.14. The molecule has 27 heavy (non-hydrogen) atoms. The van der Waals surface area contributed by atoms with E-state index in [1.807, 2.05) is 22.7 Å². The number of nitrogens with zero attached hydrogens (tertiary/aromatic N) is 4. The summed E-state index contributed by atoms with van der Waals surface area (Å²) in [5.74, 6) is 0.0806. The number of hydrogen-bond acceptors (Lipinski definition) is 5. The van der Waals surface area contributed by atoms with Crippen molar-refractivity contribution in [1.29, 1.82) is 0 Å². The van der Waals surface area contributed by atoms with Gasteiger partial charge in [0.15, 0.2) is 5.76 Å². The zero-order chi connectivity index (χ0) is 19.0. The minimum atomic E-state index is -0.635. The molecule has 2 aliphatic heterocycles. The fraction of sp³-hybridized carbons (Fsp3) is 0.526. The van der Waals surface area contributed by atoms with E-state index in [4.69, 9.17) is 9.15 Å². The van der Waals surface area contributed by atoms with Gasteiger partial charge < -0.3 is 23.5 Å². The minimum absolute atomic E-state index is 0.0879. The van der Waals surface area contributed by atoms with E-state index >= 15 is 0 Å². The normalized spacial score (nSPS) is 25.1. The van der Waals surface area contributed by atoms with E-state index in [9.17, 15) is 9.59 Å². The van der Waals surface area contributed by atoms with Crippen LogP contribution in [0.15, 0.2) is 35.3 Å². The fourth-order valence-corrected chi connectivity index (χ4v) is 4.35. The summed E-state index contributed by atoms with van der Waals surface area (Å²) in [6.07, 6.45) is 5.88. The molecule has 0 aromatic carbocycles. The highest BCUT2D eigenvalue weighted by molar-refractivity contribution is 5.94. The van der Waals surface area contributed by atoms with Crippen molar-refractivity contribution < 1.29 is 18.7 Å². The van der Waals surface area contributed by atoms with Crippen LogP contribution in [-0.2, 0) is 16.6 Å². The van der Waals surface area contributed by atoms with Crippen LogP contribution in [0.25, 0.3) is 0 Å². The van der Waals surface area contributed by atoms with Crippen molar-refractivity contribution >= 4 is 11.8 Å². The lowest BCUT2D eigenvalue weighted by Gasteiger charge is -2.27. The minimum Gasteiger partial charge on any atom is -0.459 e. The highest BCUT2D eigenvalue weighted by atomic mass is 16.5. The number of carbonyl (C=O) groups is 2. The Morgan fingerprint density at radius 2 is 2.33 bits per heavy atom. The van der Waals surface area contributed by atoms with Gasteiger partial charge in [0.05, 0.1) is 30.3 Å².